The first-order valence-electron chi connectivity index (χ1n) is 5.80. The number of hydrogen-bond acceptors (Lipinski definition) is 4. The van der Waals surface area contributed by atoms with E-state index in [0.717, 1.165) is 10.6 Å². The highest BCUT2D eigenvalue weighted by Gasteiger charge is 2.09. The van der Waals surface area contributed by atoms with Crippen LogP contribution in [0, 0.1) is 0 Å². The molecule has 19 heavy (non-hydrogen) atoms. The van der Waals surface area contributed by atoms with E-state index in [2.05, 4.69) is 10.1 Å². The first kappa shape index (κ1) is 13.6. The van der Waals surface area contributed by atoms with Crippen molar-refractivity contribution in [2.45, 2.75) is 13.1 Å². The third kappa shape index (κ3) is 3.84. The van der Waals surface area contributed by atoms with Crippen LogP contribution in [-0.4, -0.2) is 13.1 Å². The Morgan fingerprint density at radius 2 is 2.05 bits per heavy atom. The molecule has 0 unspecified atom stereocenters. The topological polar surface area (TPSA) is 51.5 Å². The SMILES string of the molecule is COC(=O)c1coc(CNCc2ccc(Cl)cc2)c1. The Labute approximate surface area is 116 Å². The molecule has 1 aromatic heterocycles. The summed E-state index contributed by atoms with van der Waals surface area (Å²) in [4.78, 5) is 11.2. The Morgan fingerprint density at radius 3 is 2.74 bits per heavy atom. The number of carbonyl (C=O) groups is 1. The van der Waals surface area contributed by atoms with Crippen LogP contribution < -0.4 is 5.32 Å². The van der Waals surface area contributed by atoms with Gasteiger partial charge in [0.05, 0.1) is 19.2 Å². The van der Waals surface area contributed by atoms with Crippen LogP contribution in [0.25, 0.3) is 0 Å². The molecular formula is C14H14ClNO3. The van der Waals surface area contributed by atoms with E-state index in [0.29, 0.717) is 24.4 Å². The summed E-state index contributed by atoms with van der Waals surface area (Å²) in [6.07, 6.45) is 1.39. The van der Waals surface area contributed by atoms with Gasteiger partial charge in [0, 0.05) is 11.6 Å². The number of halogens is 1. The van der Waals surface area contributed by atoms with E-state index in [1.807, 2.05) is 24.3 Å². The summed E-state index contributed by atoms with van der Waals surface area (Å²) in [5.74, 6) is 0.294. The lowest BCUT2D eigenvalue weighted by atomic mass is 10.2. The zero-order valence-electron chi connectivity index (χ0n) is 10.5. The second-order valence-electron chi connectivity index (χ2n) is 4.02. The highest BCUT2D eigenvalue weighted by atomic mass is 35.5. The van der Waals surface area contributed by atoms with E-state index < -0.39 is 5.97 Å². The number of esters is 1. The highest BCUT2D eigenvalue weighted by molar-refractivity contribution is 6.30. The van der Waals surface area contributed by atoms with Crippen LogP contribution in [0.1, 0.15) is 21.7 Å². The largest absolute Gasteiger partial charge is 0.467 e. The van der Waals surface area contributed by atoms with Gasteiger partial charge in [0.15, 0.2) is 0 Å². The molecule has 0 aliphatic rings. The average Bonchev–Trinajstić information content (AvgIpc) is 2.89. The first-order chi connectivity index (χ1) is 9.19. The van der Waals surface area contributed by atoms with Crippen molar-refractivity contribution in [2.75, 3.05) is 7.11 Å². The molecule has 1 N–H and O–H groups in total. The number of hydrogen-bond donors (Lipinski definition) is 1. The predicted octanol–water partition coefficient (Wildman–Crippen LogP) is 3.01. The minimum Gasteiger partial charge on any atom is -0.467 e. The number of ether oxygens (including phenoxy) is 1. The molecule has 0 bridgehead atoms. The first-order valence-corrected chi connectivity index (χ1v) is 6.17. The molecule has 2 rings (SSSR count). The van der Waals surface area contributed by atoms with Crippen molar-refractivity contribution in [3.8, 4) is 0 Å². The van der Waals surface area contributed by atoms with Gasteiger partial charge in [-0.25, -0.2) is 4.79 Å². The normalized spacial score (nSPS) is 10.4. The Morgan fingerprint density at radius 1 is 1.32 bits per heavy atom. The molecule has 0 saturated heterocycles. The molecule has 0 spiro atoms. The molecule has 2 aromatic rings. The van der Waals surface area contributed by atoms with Crippen molar-refractivity contribution in [3.63, 3.8) is 0 Å². The Kier molecular flexibility index (Phi) is 4.60. The van der Waals surface area contributed by atoms with Gasteiger partial charge in [-0.05, 0) is 23.8 Å². The number of rotatable bonds is 5. The lowest BCUT2D eigenvalue weighted by Crippen LogP contribution is -2.12. The minimum atomic E-state index is -0.396. The number of methoxy groups -OCH3 is 1. The Balaban J connectivity index is 1.84. The standard InChI is InChI=1S/C14H14ClNO3/c1-18-14(17)11-6-13(19-9-11)8-16-7-10-2-4-12(15)5-3-10/h2-6,9,16H,7-8H2,1H3. The zero-order valence-corrected chi connectivity index (χ0v) is 11.2. The molecule has 5 heteroatoms. The fourth-order valence-electron chi connectivity index (χ4n) is 1.63. The van der Waals surface area contributed by atoms with Gasteiger partial charge in [0.2, 0.25) is 0 Å². The molecule has 0 aliphatic heterocycles. The lowest BCUT2D eigenvalue weighted by molar-refractivity contribution is 0.0600. The van der Waals surface area contributed by atoms with Crippen LogP contribution in [0.4, 0.5) is 0 Å². The van der Waals surface area contributed by atoms with E-state index in [1.54, 1.807) is 6.07 Å². The van der Waals surface area contributed by atoms with Crippen molar-refractivity contribution in [1.29, 1.82) is 0 Å². The number of benzene rings is 1. The van der Waals surface area contributed by atoms with Gasteiger partial charge in [0.1, 0.15) is 12.0 Å². The van der Waals surface area contributed by atoms with Gasteiger partial charge < -0.3 is 14.5 Å². The van der Waals surface area contributed by atoms with Gasteiger partial charge in [-0.15, -0.1) is 0 Å². The van der Waals surface area contributed by atoms with Gasteiger partial charge in [-0.2, -0.15) is 0 Å². The van der Waals surface area contributed by atoms with Crippen LogP contribution >= 0.6 is 11.6 Å². The van der Waals surface area contributed by atoms with Crippen molar-refractivity contribution >= 4 is 17.6 Å². The van der Waals surface area contributed by atoms with Crippen LogP contribution in [-0.2, 0) is 17.8 Å². The van der Waals surface area contributed by atoms with Crippen LogP contribution in [0.2, 0.25) is 5.02 Å². The third-order valence-corrected chi connectivity index (χ3v) is 2.87. The fourth-order valence-corrected chi connectivity index (χ4v) is 1.76. The molecule has 1 heterocycles. The minimum absolute atomic E-state index is 0.396. The maximum atomic E-state index is 11.2. The molecule has 1 aromatic carbocycles. The van der Waals surface area contributed by atoms with E-state index in [-0.39, 0.29) is 0 Å². The van der Waals surface area contributed by atoms with Gasteiger partial charge in [-0.3, -0.25) is 0 Å². The smallest absolute Gasteiger partial charge is 0.341 e. The van der Waals surface area contributed by atoms with Crippen molar-refractivity contribution < 1.29 is 13.9 Å². The summed E-state index contributed by atoms with van der Waals surface area (Å²) in [5, 5.41) is 3.94. The quantitative estimate of drug-likeness (QED) is 0.855. The van der Waals surface area contributed by atoms with Gasteiger partial charge >= 0.3 is 5.97 Å². The third-order valence-electron chi connectivity index (χ3n) is 2.62. The fraction of sp³-hybridized carbons (Fsp3) is 0.214. The van der Waals surface area contributed by atoms with Crippen molar-refractivity contribution in [2.24, 2.45) is 0 Å². The molecule has 100 valence electrons. The van der Waals surface area contributed by atoms with E-state index in [4.69, 9.17) is 16.0 Å². The molecule has 0 saturated carbocycles. The maximum Gasteiger partial charge on any atom is 0.341 e. The van der Waals surface area contributed by atoms with Crippen molar-refractivity contribution in [3.05, 3.63) is 58.5 Å². The molecule has 0 aliphatic carbocycles. The van der Waals surface area contributed by atoms with Gasteiger partial charge in [0.25, 0.3) is 0 Å². The molecule has 4 nitrogen and oxygen atoms in total. The van der Waals surface area contributed by atoms with E-state index >= 15 is 0 Å². The second-order valence-corrected chi connectivity index (χ2v) is 4.46. The predicted molar refractivity (Wildman–Crippen MR) is 72.0 cm³/mol. The number of nitrogens with one attached hydrogen (secondary N) is 1. The molecule has 0 radical (unpaired) electrons. The molecule has 0 fully saturated rings. The number of carbonyl (C=O) groups excluding carboxylic acids is 1. The molecule has 0 atom stereocenters. The monoisotopic (exact) mass is 279 g/mol. The summed E-state index contributed by atoms with van der Waals surface area (Å²) in [6.45, 7) is 1.24. The van der Waals surface area contributed by atoms with Crippen LogP contribution in [0.5, 0.6) is 0 Å². The van der Waals surface area contributed by atoms with Crippen molar-refractivity contribution in [1.82, 2.24) is 5.32 Å². The Hall–Kier alpha value is -1.78. The van der Waals surface area contributed by atoms with E-state index in [9.17, 15) is 4.79 Å². The average molecular weight is 280 g/mol. The van der Waals surface area contributed by atoms with Crippen LogP contribution in [0.3, 0.4) is 0 Å². The van der Waals surface area contributed by atoms with E-state index in [1.165, 1.54) is 13.4 Å². The van der Waals surface area contributed by atoms with Gasteiger partial charge in [-0.1, -0.05) is 23.7 Å². The summed E-state index contributed by atoms with van der Waals surface area (Å²) in [5.41, 5.74) is 1.55. The zero-order chi connectivity index (χ0) is 13.7. The maximum absolute atomic E-state index is 11.2. The lowest BCUT2D eigenvalue weighted by Gasteiger charge is -2.02. The summed E-state index contributed by atoms with van der Waals surface area (Å²) in [7, 11) is 1.34. The molecular weight excluding hydrogens is 266 g/mol. The summed E-state index contributed by atoms with van der Waals surface area (Å²) in [6, 6.07) is 9.27. The molecule has 0 amide bonds. The second kappa shape index (κ2) is 6.41. The summed E-state index contributed by atoms with van der Waals surface area (Å²) < 4.78 is 9.86. The number of furan rings is 1. The Bertz CT molecular complexity index is 548. The van der Waals surface area contributed by atoms with Crippen LogP contribution in [0.15, 0.2) is 41.0 Å². The highest BCUT2D eigenvalue weighted by Crippen LogP contribution is 2.11. The summed E-state index contributed by atoms with van der Waals surface area (Å²) >= 11 is 5.81.